The van der Waals surface area contributed by atoms with Gasteiger partial charge in [0.25, 0.3) is 5.91 Å². The minimum absolute atomic E-state index is 0.00726. The second-order valence-electron chi connectivity index (χ2n) is 9.23. The van der Waals surface area contributed by atoms with Crippen molar-refractivity contribution in [2.75, 3.05) is 47.9 Å². The molecule has 1 amide bonds. The molecule has 1 atom stereocenters. The van der Waals surface area contributed by atoms with Crippen molar-refractivity contribution in [3.05, 3.63) is 46.2 Å². The Labute approximate surface area is 196 Å². The summed E-state index contributed by atoms with van der Waals surface area (Å²) >= 11 is 3.55. The van der Waals surface area contributed by atoms with E-state index in [1.165, 1.54) is 37.8 Å². The number of nitrogens with one attached hydrogen (secondary N) is 1. The number of benzene rings is 1. The number of nitrogens with zero attached hydrogens (tertiary/aromatic N) is 3. The van der Waals surface area contributed by atoms with Gasteiger partial charge < -0.3 is 19.9 Å². The van der Waals surface area contributed by atoms with Crippen LogP contribution in [-0.2, 0) is 4.74 Å². The van der Waals surface area contributed by atoms with Crippen LogP contribution in [0.2, 0.25) is 0 Å². The van der Waals surface area contributed by atoms with Crippen molar-refractivity contribution in [1.29, 1.82) is 0 Å². The highest BCUT2D eigenvalue weighted by Crippen LogP contribution is 2.54. The fourth-order valence-electron chi connectivity index (χ4n) is 4.77. The van der Waals surface area contributed by atoms with Crippen LogP contribution in [-0.4, -0.2) is 49.8 Å². The Balaban J connectivity index is 1.35. The molecule has 32 heavy (non-hydrogen) atoms. The molecule has 1 N–H and O–H groups in total. The van der Waals surface area contributed by atoms with Gasteiger partial charge in [-0.1, -0.05) is 15.9 Å². The number of halogens is 2. The van der Waals surface area contributed by atoms with Crippen LogP contribution < -0.4 is 15.1 Å². The van der Waals surface area contributed by atoms with Crippen LogP contribution in [0, 0.1) is 11.2 Å². The van der Waals surface area contributed by atoms with Crippen molar-refractivity contribution in [2.24, 2.45) is 5.41 Å². The third-order valence-corrected chi connectivity index (χ3v) is 7.43. The molecule has 1 aromatic heterocycles. The fourth-order valence-corrected chi connectivity index (χ4v) is 5.12. The fraction of sp³-hybridized carbons (Fsp3) is 0.500. The van der Waals surface area contributed by atoms with E-state index in [0.29, 0.717) is 36.5 Å². The first-order valence-corrected chi connectivity index (χ1v) is 12.1. The Kier molecular flexibility index (Phi) is 5.84. The normalized spacial score (nSPS) is 22.2. The largest absolute Gasteiger partial charge is 0.375 e. The van der Waals surface area contributed by atoms with Crippen LogP contribution in [0.4, 0.5) is 21.7 Å². The Hall–Kier alpha value is -2.19. The standard InChI is InChI=1S/C24H28BrFN4O2/c1-16-15-30(12-13-32-16)22-19(26)4-5-21(27-22)28-23(31)18-3-2-17(25)14-20(18)29-10-8-24(6-7-24)9-11-29/h2-5,14,16H,6-13,15H2,1H3,(H,27,28,31). The minimum Gasteiger partial charge on any atom is -0.375 e. The second kappa shape index (κ2) is 8.63. The summed E-state index contributed by atoms with van der Waals surface area (Å²) in [4.78, 5) is 21.8. The van der Waals surface area contributed by atoms with E-state index < -0.39 is 5.82 Å². The molecule has 1 aromatic carbocycles. The number of aromatic nitrogens is 1. The van der Waals surface area contributed by atoms with Gasteiger partial charge in [0, 0.05) is 30.7 Å². The number of carbonyl (C=O) groups excluding carboxylic acids is 1. The quantitative estimate of drug-likeness (QED) is 0.647. The van der Waals surface area contributed by atoms with Gasteiger partial charge in [-0.15, -0.1) is 0 Å². The number of carbonyl (C=O) groups is 1. The predicted molar refractivity (Wildman–Crippen MR) is 127 cm³/mol. The van der Waals surface area contributed by atoms with Crippen molar-refractivity contribution in [3.8, 4) is 0 Å². The van der Waals surface area contributed by atoms with Crippen molar-refractivity contribution in [3.63, 3.8) is 0 Å². The average molecular weight is 503 g/mol. The Morgan fingerprint density at radius 1 is 1.16 bits per heavy atom. The summed E-state index contributed by atoms with van der Waals surface area (Å²) in [6, 6.07) is 8.60. The van der Waals surface area contributed by atoms with Gasteiger partial charge in [-0.3, -0.25) is 4.79 Å². The van der Waals surface area contributed by atoms with Gasteiger partial charge in [0.05, 0.1) is 24.0 Å². The molecule has 170 valence electrons. The van der Waals surface area contributed by atoms with E-state index in [-0.39, 0.29) is 17.8 Å². The molecule has 0 radical (unpaired) electrons. The molecular formula is C24H28BrFN4O2. The number of hydrogen-bond donors (Lipinski definition) is 1. The SMILES string of the molecule is CC1CN(c2nc(NC(=O)c3ccc(Br)cc3N3CCC4(CC3)CC4)ccc2F)CCO1. The lowest BCUT2D eigenvalue weighted by Gasteiger charge is -2.35. The maximum absolute atomic E-state index is 14.5. The van der Waals surface area contributed by atoms with E-state index in [1.807, 2.05) is 30.0 Å². The van der Waals surface area contributed by atoms with Crippen molar-refractivity contribution >= 4 is 39.2 Å². The molecule has 3 aliphatic rings. The molecule has 3 heterocycles. The van der Waals surface area contributed by atoms with E-state index in [2.05, 4.69) is 31.1 Å². The molecular weight excluding hydrogens is 475 g/mol. The summed E-state index contributed by atoms with van der Waals surface area (Å²) in [7, 11) is 0. The topological polar surface area (TPSA) is 57.7 Å². The zero-order valence-corrected chi connectivity index (χ0v) is 19.8. The molecule has 3 fully saturated rings. The van der Waals surface area contributed by atoms with Gasteiger partial charge in [-0.25, -0.2) is 9.37 Å². The van der Waals surface area contributed by atoms with E-state index >= 15 is 0 Å². The zero-order valence-electron chi connectivity index (χ0n) is 18.2. The summed E-state index contributed by atoms with van der Waals surface area (Å²) in [6.45, 7) is 5.54. The second-order valence-corrected chi connectivity index (χ2v) is 10.1. The molecule has 1 unspecified atom stereocenters. The molecule has 1 spiro atoms. The number of hydrogen-bond acceptors (Lipinski definition) is 5. The molecule has 1 saturated carbocycles. The van der Waals surface area contributed by atoms with Crippen molar-refractivity contribution in [2.45, 2.75) is 38.7 Å². The number of amides is 1. The van der Waals surface area contributed by atoms with Crippen molar-refractivity contribution < 1.29 is 13.9 Å². The Morgan fingerprint density at radius 2 is 1.94 bits per heavy atom. The molecule has 5 rings (SSSR count). The lowest BCUT2D eigenvalue weighted by Crippen LogP contribution is -2.42. The van der Waals surface area contributed by atoms with E-state index in [1.54, 1.807) is 0 Å². The van der Waals surface area contributed by atoms with Gasteiger partial charge in [-0.05, 0) is 68.4 Å². The number of morpholine rings is 1. The summed E-state index contributed by atoms with van der Waals surface area (Å²) in [5.74, 6) is -0.0434. The molecule has 8 heteroatoms. The van der Waals surface area contributed by atoms with Gasteiger partial charge in [0.1, 0.15) is 5.82 Å². The van der Waals surface area contributed by atoms with Crippen LogP contribution in [0.25, 0.3) is 0 Å². The average Bonchev–Trinajstić information content (AvgIpc) is 3.54. The summed E-state index contributed by atoms with van der Waals surface area (Å²) in [5, 5.41) is 2.89. The molecule has 2 aliphatic heterocycles. The molecule has 6 nitrogen and oxygen atoms in total. The first-order chi connectivity index (χ1) is 15.4. The predicted octanol–water partition coefficient (Wildman–Crippen LogP) is 4.84. The number of piperidine rings is 1. The highest BCUT2D eigenvalue weighted by molar-refractivity contribution is 9.10. The monoisotopic (exact) mass is 502 g/mol. The zero-order chi connectivity index (χ0) is 22.3. The highest BCUT2D eigenvalue weighted by Gasteiger charge is 2.44. The van der Waals surface area contributed by atoms with Crippen molar-refractivity contribution in [1.82, 2.24) is 4.98 Å². The highest BCUT2D eigenvalue weighted by atomic mass is 79.9. The lowest BCUT2D eigenvalue weighted by molar-refractivity contribution is 0.0527. The maximum Gasteiger partial charge on any atom is 0.258 e. The number of ether oxygens (including phenoxy) is 1. The van der Waals surface area contributed by atoms with E-state index in [0.717, 1.165) is 23.2 Å². The first kappa shape index (κ1) is 21.6. The number of pyridine rings is 1. The summed E-state index contributed by atoms with van der Waals surface area (Å²) < 4.78 is 21.0. The number of anilines is 3. The third kappa shape index (κ3) is 4.48. The van der Waals surface area contributed by atoms with Crippen LogP contribution >= 0.6 is 15.9 Å². The smallest absolute Gasteiger partial charge is 0.258 e. The maximum atomic E-state index is 14.5. The third-order valence-electron chi connectivity index (χ3n) is 6.94. The summed E-state index contributed by atoms with van der Waals surface area (Å²) in [5.41, 5.74) is 2.10. The van der Waals surface area contributed by atoms with Gasteiger partial charge in [0.2, 0.25) is 0 Å². The van der Waals surface area contributed by atoms with Gasteiger partial charge in [0.15, 0.2) is 11.6 Å². The molecule has 1 aliphatic carbocycles. The molecule has 2 saturated heterocycles. The van der Waals surface area contributed by atoms with E-state index in [4.69, 9.17) is 4.74 Å². The minimum atomic E-state index is -0.399. The van der Waals surface area contributed by atoms with Gasteiger partial charge in [-0.2, -0.15) is 0 Å². The lowest BCUT2D eigenvalue weighted by atomic mass is 9.93. The Morgan fingerprint density at radius 3 is 2.66 bits per heavy atom. The van der Waals surface area contributed by atoms with E-state index in [9.17, 15) is 9.18 Å². The van der Waals surface area contributed by atoms with Crippen LogP contribution in [0.1, 0.15) is 43.0 Å². The van der Waals surface area contributed by atoms with Gasteiger partial charge >= 0.3 is 0 Å². The Bertz CT molecular complexity index is 1020. The molecule has 2 aromatic rings. The first-order valence-electron chi connectivity index (χ1n) is 11.3. The number of rotatable bonds is 4. The molecule has 0 bridgehead atoms. The van der Waals surface area contributed by atoms with Crippen LogP contribution in [0.3, 0.4) is 0 Å². The summed E-state index contributed by atoms with van der Waals surface area (Å²) in [6.07, 6.45) is 5.05. The van der Waals surface area contributed by atoms with Crippen LogP contribution in [0.15, 0.2) is 34.8 Å². The van der Waals surface area contributed by atoms with Crippen LogP contribution in [0.5, 0.6) is 0 Å².